The zero-order chi connectivity index (χ0) is 19.7. The van der Waals surface area contributed by atoms with Gasteiger partial charge in [-0.2, -0.15) is 0 Å². The van der Waals surface area contributed by atoms with Gasteiger partial charge in [0.1, 0.15) is 0 Å². The SMILES string of the molecule is C[C]1CCCCC1(Cc1cccc2ccccc12)Cc1cccc2ccccc12. The highest BCUT2D eigenvalue weighted by Gasteiger charge is 2.39. The van der Waals surface area contributed by atoms with Gasteiger partial charge in [0.2, 0.25) is 0 Å². The summed E-state index contributed by atoms with van der Waals surface area (Å²) in [5, 5.41) is 5.56. The maximum Gasteiger partial charge on any atom is -0.0152 e. The first-order valence-electron chi connectivity index (χ1n) is 11.0. The molecule has 0 amide bonds. The third-order valence-corrected chi connectivity index (χ3v) is 7.18. The maximum absolute atomic E-state index is 2.43. The first kappa shape index (κ1) is 18.4. The Morgan fingerprint density at radius 2 is 1.14 bits per heavy atom. The second-order valence-corrected chi connectivity index (χ2v) is 8.90. The Labute approximate surface area is 174 Å². The molecule has 0 atom stereocenters. The minimum absolute atomic E-state index is 0.256. The van der Waals surface area contributed by atoms with Gasteiger partial charge < -0.3 is 0 Å². The van der Waals surface area contributed by atoms with Crippen molar-refractivity contribution in [3.05, 3.63) is 102 Å². The minimum Gasteiger partial charge on any atom is -0.0616 e. The van der Waals surface area contributed by atoms with E-state index >= 15 is 0 Å². The van der Waals surface area contributed by atoms with Gasteiger partial charge in [-0.3, -0.25) is 0 Å². The summed E-state index contributed by atoms with van der Waals surface area (Å²) in [6.45, 7) is 2.43. The van der Waals surface area contributed by atoms with Crippen molar-refractivity contribution < 1.29 is 0 Å². The molecule has 1 radical (unpaired) electrons. The number of hydrogen-bond acceptors (Lipinski definition) is 0. The molecule has 1 aliphatic carbocycles. The Morgan fingerprint density at radius 3 is 1.69 bits per heavy atom. The fourth-order valence-electron chi connectivity index (χ4n) is 5.50. The van der Waals surface area contributed by atoms with Gasteiger partial charge in [-0.15, -0.1) is 0 Å². The summed E-state index contributed by atoms with van der Waals surface area (Å²) >= 11 is 0. The van der Waals surface area contributed by atoms with Crippen LogP contribution in [-0.4, -0.2) is 0 Å². The zero-order valence-electron chi connectivity index (χ0n) is 17.3. The van der Waals surface area contributed by atoms with Crippen molar-refractivity contribution in [2.75, 3.05) is 0 Å². The molecule has 145 valence electrons. The van der Waals surface area contributed by atoms with E-state index in [9.17, 15) is 0 Å². The third kappa shape index (κ3) is 3.46. The summed E-state index contributed by atoms with van der Waals surface area (Å²) in [7, 11) is 0. The lowest BCUT2D eigenvalue weighted by atomic mass is 9.61. The van der Waals surface area contributed by atoms with E-state index in [4.69, 9.17) is 0 Å². The molecule has 1 aliphatic rings. The van der Waals surface area contributed by atoms with Crippen LogP contribution in [0.3, 0.4) is 0 Å². The molecule has 1 fully saturated rings. The Balaban J connectivity index is 1.59. The average Bonchev–Trinajstić information content (AvgIpc) is 2.76. The van der Waals surface area contributed by atoms with E-state index < -0.39 is 0 Å². The molecule has 0 unspecified atom stereocenters. The van der Waals surface area contributed by atoms with Crippen LogP contribution in [0.5, 0.6) is 0 Å². The minimum atomic E-state index is 0.256. The van der Waals surface area contributed by atoms with Gasteiger partial charge >= 0.3 is 0 Å². The van der Waals surface area contributed by atoms with E-state index in [1.165, 1.54) is 58.4 Å². The van der Waals surface area contributed by atoms with Gasteiger partial charge in [-0.1, -0.05) is 105 Å². The number of hydrogen-bond donors (Lipinski definition) is 0. The molecule has 0 heteroatoms. The predicted molar refractivity (Wildman–Crippen MR) is 125 cm³/mol. The molecule has 1 saturated carbocycles. The van der Waals surface area contributed by atoms with Crippen LogP contribution in [0.4, 0.5) is 0 Å². The quantitative estimate of drug-likeness (QED) is 0.339. The summed E-state index contributed by atoms with van der Waals surface area (Å²) in [4.78, 5) is 0. The maximum atomic E-state index is 2.43. The van der Waals surface area contributed by atoms with Crippen LogP contribution < -0.4 is 0 Å². The van der Waals surface area contributed by atoms with E-state index in [2.05, 4.69) is 91.9 Å². The molecule has 4 aromatic carbocycles. The number of rotatable bonds is 4. The highest BCUT2D eigenvalue weighted by Crippen LogP contribution is 2.48. The van der Waals surface area contributed by atoms with Crippen LogP contribution >= 0.6 is 0 Å². The lowest BCUT2D eigenvalue weighted by Gasteiger charge is -2.43. The van der Waals surface area contributed by atoms with Crippen LogP contribution in [0.2, 0.25) is 0 Å². The lowest BCUT2D eigenvalue weighted by molar-refractivity contribution is 0.223. The summed E-state index contributed by atoms with van der Waals surface area (Å²) in [5.74, 6) is 1.70. The standard InChI is InChI=1S/C29H29/c1-22-10-6-7-19-29(22,20-25-15-8-13-23-11-2-4-17-27(23)25)21-26-16-9-14-24-12-3-5-18-28(24)26/h2-5,8-9,11-18H,6-7,10,19-21H2,1H3. The molecule has 5 rings (SSSR count). The smallest absolute Gasteiger partial charge is 0.0152 e. The molecule has 29 heavy (non-hydrogen) atoms. The molecule has 0 bridgehead atoms. The third-order valence-electron chi connectivity index (χ3n) is 7.18. The summed E-state index contributed by atoms with van der Waals surface area (Å²) in [5.41, 5.74) is 3.26. The predicted octanol–water partition coefficient (Wildman–Crippen LogP) is 7.93. The molecule has 0 N–H and O–H groups in total. The zero-order valence-corrected chi connectivity index (χ0v) is 17.3. The van der Waals surface area contributed by atoms with Crippen LogP contribution in [0.25, 0.3) is 21.5 Å². The number of fused-ring (bicyclic) bond motifs is 2. The van der Waals surface area contributed by atoms with Crippen LogP contribution in [0.1, 0.15) is 43.7 Å². The molecule has 0 aromatic heterocycles. The molecule has 0 heterocycles. The van der Waals surface area contributed by atoms with E-state index in [1.807, 2.05) is 0 Å². The molecule has 0 nitrogen and oxygen atoms in total. The number of benzene rings is 4. The van der Waals surface area contributed by atoms with Crippen molar-refractivity contribution in [3.63, 3.8) is 0 Å². The summed E-state index contributed by atoms with van der Waals surface area (Å²) in [6, 6.07) is 31.4. The van der Waals surface area contributed by atoms with Gasteiger partial charge in [0, 0.05) is 0 Å². The molecule has 0 spiro atoms. The summed E-state index contributed by atoms with van der Waals surface area (Å²) < 4.78 is 0. The van der Waals surface area contributed by atoms with Crippen molar-refractivity contribution in [3.8, 4) is 0 Å². The lowest BCUT2D eigenvalue weighted by Crippen LogP contribution is -2.35. The monoisotopic (exact) mass is 377 g/mol. The van der Waals surface area contributed by atoms with Crippen molar-refractivity contribution in [1.29, 1.82) is 0 Å². The van der Waals surface area contributed by atoms with E-state index in [0.29, 0.717) is 0 Å². The van der Waals surface area contributed by atoms with Gasteiger partial charge in [-0.25, -0.2) is 0 Å². The molecular formula is C29H29. The van der Waals surface area contributed by atoms with Gasteiger partial charge in [0.05, 0.1) is 0 Å². The molecule has 4 aromatic rings. The van der Waals surface area contributed by atoms with Crippen molar-refractivity contribution >= 4 is 21.5 Å². The first-order chi connectivity index (χ1) is 14.3. The largest absolute Gasteiger partial charge is 0.0616 e. The van der Waals surface area contributed by atoms with Crippen molar-refractivity contribution in [2.24, 2.45) is 5.41 Å². The van der Waals surface area contributed by atoms with E-state index in [1.54, 1.807) is 5.92 Å². The summed E-state index contributed by atoms with van der Waals surface area (Å²) in [6.07, 6.45) is 7.54. The van der Waals surface area contributed by atoms with Crippen LogP contribution in [0.15, 0.2) is 84.9 Å². The highest BCUT2D eigenvalue weighted by molar-refractivity contribution is 5.86. The van der Waals surface area contributed by atoms with Crippen LogP contribution in [0, 0.1) is 11.3 Å². The molecule has 0 saturated heterocycles. The molecule has 0 aliphatic heterocycles. The Bertz CT molecular complexity index is 1050. The van der Waals surface area contributed by atoms with Gasteiger partial charge in [0.15, 0.2) is 0 Å². The second kappa shape index (κ2) is 7.67. The molecular weight excluding hydrogens is 348 g/mol. The Hall–Kier alpha value is -2.60. The van der Waals surface area contributed by atoms with Crippen molar-refractivity contribution in [2.45, 2.75) is 45.4 Å². The topological polar surface area (TPSA) is 0 Å². The fraction of sp³-hybridized carbons (Fsp3) is 0.276. The Morgan fingerprint density at radius 1 is 0.621 bits per heavy atom. The van der Waals surface area contributed by atoms with Gasteiger partial charge in [-0.05, 0) is 69.7 Å². The second-order valence-electron chi connectivity index (χ2n) is 8.90. The van der Waals surface area contributed by atoms with E-state index in [-0.39, 0.29) is 5.41 Å². The van der Waals surface area contributed by atoms with Crippen molar-refractivity contribution in [1.82, 2.24) is 0 Å². The fourth-order valence-corrected chi connectivity index (χ4v) is 5.50. The van der Waals surface area contributed by atoms with E-state index in [0.717, 1.165) is 12.8 Å². The first-order valence-corrected chi connectivity index (χ1v) is 11.0. The average molecular weight is 378 g/mol. The van der Waals surface area contributed by atoms with Gasteiger partial charge in [0.25, 0.3) is 0 Å². The van der Waals surface area contributed by atoms with Crippen LogP contribution in [-0.2, 0) is 12.8 Å². The Kier molecular flexibility index (Phi) is 4.87. The highest BCUT2D eigenvalue weighted by atomic mass is 14.4. The normalized spacial score (nSPS) is 17.0.